The Morgan fingerprint density at radius 2 is 1.48 bits per heavy atom. The van der Waals surface area contributed by atoms with Gasteiger partial charge in [-0.15, -0.1) is 0 Å². The average molecular weight is 471 g/mol. The Balaban J connectivity index is 2.32. The Labute approximate surface area is 182 Å². The molecule has 0 saturated heterocycles. The summed E-state index contributed by atoms with van der Waals surface area (Å²) in [5, 5.41) is 29.6. The topological polar surface area (TPSA) is 92.6 Å². The molecule has 0 aliphatic rings. The zero-order valence-corrected chi connectivity index (χ0v) is 16.9. The Morgan fingerprint density at radius 1 is 1.00 bits per heavy atom. The largest absolute Gasteiger partial charge is 0.488 e. The van der Waals surface area contributed by atoms with Crippen molar-refractivity contribution in [1.82, 2.24) is 5.32 Å². The molecule has 2 rings (SSSR count). The number of thiocarbonyl (C=S) groups is 1. The summed E-state index contributed by atoms with van der Waals surface area (Å²) >= 11 is 10.7. The fraction of sp³-hybridized carbons (Fsp3) is 0.158. The van der Waals surface area contributed by atoms with E-state index in [2.05, 4.69) is 5.32 Å². The standard InChI is InChI=1S/C19H8ClF5N4OS/c1-19(6-28,7-30-11-3-9(5-27)8(4-26)2-10(11)20)29-18(31)12-13(21)15(23)17(25)16(24)14(12)22/h2-3H,7H2,1H3,(H,29,31)/t19-/m0/s1. The monoisotopic (exact) mass is 470 g/mol. The summed E-state index contributed by atoms with van der Waals surface area (Å²) in [6, 6.07) is 7.53. The summed E-state index contributed by atoms with van der Waals surface area (Å²) in [4.78, 5) is -0.927. The molecule has 0 aromatic heterocycles. The molecule has 31 heavy (non-hydrogen) atoms. The van der Waals surface area contributed by atoms with Gasteiger partial charge in [-0.3, -0.25) is 0 Å². The van der Waals surface area contributed by atoms with Gasteiger partial charge in [0.25, 0.3) is 0 Å². The molecule has 0 radical (unpaired) electrons. The van der Waals surface area contributed by atoms with E-state index in [1.54, 1.807) is 18.2 Å². The number of halogens is 6. The molecule has 2 aromatic rings. The molecule has 0 fully saturated rings. The van der Waals surface area contributed by atoms with Crippen molar-refractivity contribution in [3.8, 4) is 24.0 Å². The highest BCUT2D eigenvalue weighted by Crippen LogP contribution is 2.29. The number of ether oxygens (including phenoxy) is 1. The minimum Gasteiger partial charge on any atom is -0.488 e. The van der Waals surface area contributed by atoms with Crippen molar-refractivity contribution < 1.29 is 26.7 Å². The molecule has 12 heteroatoms. The van der Waals surface area contributed by atoms with Crippen LogP contribution in [0.1, 0.15) is 23.6 Å². The fourth-order valence-electron chi connectivity index (χ4n) is 2.28. The van der Waals surface area contributed by atoms with Crippen LogP contribution < -0.4 is 10.1 Å². The lowest BCUT2D eigenvalue weighted by Crippen LogP contribution is -2.49. The normalized spacial score (nSPS) is 12.1. The second-order valence-electron chi connectivity index (χ2n) is 6.18. The number of hydrogen-bond acceptors (Lipinski definition) is 5. The Hall–Kier alpha value is -3.46. The number of nitrogens with zero attached hydrogens (tertiary/aromatic N) is 3. The predicted molar refractivity (Wildman–Crippen MR) is 101 cm³/mol. The highest BCUT2D eigenvalue weighted by molar-refractivity contribution is 7.80. The first-order valence-corrected chi connectivity index (χ1v) is 8.80. The van der Waals surface area contributed by atoms with Crippen molar-refractivity contribution in [1.29, 1.82) is 15.8 Å². The summed E-state index contributed by atoms with van der Waals surface area (Å²) in [6.45, 7) is 0.601. The number of rotatable bonds is 5. The lowest BCUT2D eigenvalue weighted by atomic mass is 10.0. The van der Waals surface area contributed by atoms with Crippen LogP contribution in [0.25, 0.3) is 0 Å². The lowest BCUT2D eigenvalue weighted by molar-refractivity contribution is 0.251. The van der Waals surface area contributed by atoms with Crippen molar-refractivity contribution in [2.24, 2.45) is 0 Å². The highest BCUT2D eigenvalue weighted by Gasteiger charge is 2.32. The minimum absolute atomic E-state index is 0.0199. The van der Waals surface area contributed by atoms with Gasteiger partial charge in [-0.05, 0) is 13.0 Å². The molecule has 0 bridgehead atoms. The van der Waals surface area contributed by atoms with Crippen LogP contribution >= 0.6 is 23.8 Å². The van der Waals surface area contributed by atoms with E-state index in [4.69, 9.17) is 39.1 Å². The second kappa shape index (κ2) is 9.13. The van der Waals surface area contributed by atoms with E-state index in [-0.39, 0.29) is 21.9 Å². The molecule has 0 aliphatic heterocycles. The first-order chi connectivity index (χ1) is 14.5. The highest BCUT2D eigenvalue weighted by atomic mass is 35.5. The van der Waals surface area contributed by atoms with E-state index in [1.165, 1.54) is 6.92 Å². The molecule has 5 nitrogen and oxygen atoms in total. The van der Waals surface area contributed by atoms with E-state index < -0.39 is 51.8 Å². The SMILES string of the molecule is C[C@](C#N)(COc1cc(C#N)c(C#N)cc1Cl)NC(=S)c1c(F)c(F)c(F)c(F)c1F. The number of benzene rings is 2. The molecule has 1 N–H and O–H groups in total. The Morgan fingerprint density at radius 3 is 1.97 bits per heavy atom. The fourth-order valence-corrected chi connectivity index (χ4v) is 2.91. The van der Waals surface area contributed by atoms with Gasteiger partial charge < -0.3 is 10.1 Å². The van der Waals surface area contributed by atoms with Crippen LogP contribution in [0.4, 0.5) is 22.0 Å². The third-order valence-electron chi connectivity index (χ3n) is 3.90. The first-order valence-electron chi connectivity index (χ1n) is 8.01. The zero-order valence-electron chi connectivity index (χ0n) is 15.3. The van der Waals surface area contributed by atoms with Crippen LogP contribution in [-0.4, -0.2) is 17.1 Å². The van der Waals surface area contributed by atoms with Gasteiger partial charge in [-0.25, -0.2) is 22.0 Å². The molecule has 1 atom stereocenters. The van der Waals surface area contributed by atoms with Gasteiger partial charge in [-0.2, -0.15) is 15.8 Å². The third-order valence-corrected chi connectivity index (χ3v) is 4.50. The number of nitrogens with one attached hydrogen (secondary N) is 1. The Bertz CT molecular complexity index is 1190. The van der Waals surface area contributed by atoms with Crippen LogP contribution in [0.5, 0.6) is 5.75 Å². The smallest absolute Gasteiger partial charge is 0.200 e. The van der Waals surface area contributed by atoms with E-state index in [9.17, 15) is 27.2 Å². The van der Waals surface area contributed by atoms with Crippen molar-refractivity contribution in [2.45, 2.75) is 12.5 Å². The van der Waals surface area contributed by atoms with Crippen molar-refractivity contribution in [2.75, 3.05) is 6.61 Å². The summed E-state index contributed by atoms with van der Waals surface area (Å²) in [5.41, 5.74) is -3.31. The molecule has 2 aromatic carbocycles. The number of nitriles is 3. The molecular formula is C19H8ClF5N4OS. The van der Waals surface area contributed by atoms with Crippen LogP contribution in [0.15, 0.2) is 12.1 Å². The Kier molecular flexibility index (Phi) is 7.02. The van der Waals surface area contributed by atoms with Gasteiger partial charge in [0.2, 0.25) is 5.82 Å². The van der Waals surface area contributed by atoms with Gasteiger partial charge in [0.15, 0.2) is 28.8 Å². The van der Waals surface area contributed by atoms with Crippen LogP contribution in [0, 0.1) is 63.1 Å². The summed E-state index contributed by atoms with van der Waals surface area (Å²) in [7, 11) is 0. The van der Waals surface area contributed by atoms with Gasteiger partial charge in [0.05, 0.1) is 27.8 Å². The number of hydrogen-bond donors (Lipinski definition) is 1. The molecule has 0 aliphatic carbocycles. The summed E-state index contributed by atoms with van der Waals surface area (Å²) in [5.74, 6) is -11.2. The first kappa shape index (κ1) is 23.8. The van der Waals surface area contributed by atoms with Crippen molar-refractivity contribution >= 4 is 28.8 Å². The molecule has 0 amide bonds. The van der Waals surface area contributed by atoms with Gasteiger partial charge >= 0.3 is 0 Å². The molecule has 0 saturated carbocycles. The van der Waals surface area contributed by atoms with Gasteiger partial charge in [0.1, 0.15) is 29.5 Å². The maximum absolute atomic E-state index is 14.0. The average Bonchev–Trinajstić information content (AvgIpc) is 2.75. The predicted octanol–water partition coefficient (Wildman–Crippen LogP) is 4.41. The third kappa shape index (κ3) is 4.66. The van der Waals surface area contributed by atoms with E-state index in [1.807, 2.05) is 0 Å². The van der Waals surface area contributed by atoms with E-state index >= 15 is 0 Å². The quantitative estimate of drug-likeness (QED) is 0.301. The minimum atomic E-state index is -2.35. The van der Waals surface area contributed by atoms with E-state index in [0.717, 1.165) is 12.1 Å². The van der Waals surface area contributed by atoms with Crippen molar-refractivity contribution in [3.63, 3.8) is 0 Å². The summed E-state index contributed by atoms with van der Waals surface area (Å²) < 4.78 is 73.3. The van der Waals surface area contributed by atoms with E-state index in [0.29, 0.717) is 0 Å². The summed E-state index contributed by atoms with van der Waals surface area (Å²) in [6.07, 6.45) is 0. The molecular weight excluding hydrogens is 463 g/mol. The molecule has 158 valence electrons. The van der Waals surface area contributed by atoms with Crippen LogP contribution in [-0.2, 0) is 0 Å². The van der Waals surface area contributed by atoms with Gasteiger partial charge in [-0.1, -0.05) is 23.8 Å². The zero-order chi connectivity index (χ0) is 23.5. The van der Waals surface area contributed by atoms with Crippen LogP contribution in [0.2, 0.25) is 5.02 Å². The second-order valence-corrected chi connectivity index (χ2v) is 7.00. The maximum Gasteiger partial charge on any atom is 0.200 e. The van der Waals surface area contributed by atoms with Gasteiger partial charge in [0, 0.05) is 6.07 Å². The van der Waals surface area contributed by atoms with Crippen molar-refractivity contribution in [3.05, 3.63) is 62.9 Å². The molecule has 0 heterocycles. The van der Waals surface area contributed by atoms with Crippen LogP contribution in [0.3, 0.4) is 0 Å². The molecule has 0 spiro atoms. The molecule has 0 unspecified atom stereocenters. The maximum atomic E-state index is 14.0. The lowest BCUT2D eigenvalue weighted by Gasteiger charge is -2.25.